The third kappa shape index (κ3) is 2.38. The van der Waals surface area contributed by atoms with E-state index in [0.717, 1.165) is 33.5 Å². The number of rotatable bonds is 2. The molecular weight excluding hydrogens is 334 g/mol. The van der Waals surface area contributed by atoms with E-state index in [-0.39, 0.29) is 12.5 Å². The molecule has 0 aliphatic carbocycles. The second-order valence-electron chi connectivity index (χ2n) is 5.89. The number of ether oxygens (including phenoxy) is 1. The monoisotopic (exact) mass is 351 g/mol. The predicted octanol–water partition coefficient (Wildman–Crippen LogP) is 2.95. The van der Waals surface area contributed by atoms with Crippen LogP contribution in [0.5, 0.6) is 5.75 Å². The smallest absolute Gasteiger partial charge is 0.227 e. The van der Waals surface area contributed by atoms with Gasteiger partial charge in [0.05, 0.1) is 12.3 Å². The van der Waals surface area contributed by atoms with Gasteiger partial charge in [0.15, 0.2) is 0 Å². The largest absolute Gasteiger partial charge is 0.483 e. The van der Waals surface area contributed by atoms with Gasteiger partial charge in [0.2, 0.25) is 5.91 Å². The lowest BCUT2D eigenvalue weighted by Crippen LogP contribution is -2.40. The standard InChI is InChI=1S/C16H18BrNO3/c1-16(2)12(9-19)15(18-7-3-4-14(18)20)11-8-10(17)5-6-13(11)21-16/h5-6,8,19H,3-4,7,9H2,1-2H3. The van der Waals surface area contributed by atoms with Gasteiger partial charge in [-0.1, -0.05) is 15.9 Å². The number of carbonyl (C=O) groups is 1. The molecule has 0 bridgehead atoms. The average molecular weight is 352 g/mol. The van der Waals surface area contributed by atoms with Crippen molar-refractivity contribution >= 4 is 27.5 Å². The third-order valence-corrected chi connectivity index (χ3v) is 4.57. The first-order valence-corrected chi connectivity index (χ1v) is 7.87. The van der Waals surface area contributed by atoms with Crippen molar-refractivity contribution in [1.29, 1.82) is 0 Å². The van der Waals surface area contributed by atoms with E-state index in [1.54, 1.807) is 4.90 Å². The van der Waals surface area contributed by atoms with Crippen LogP contribution in [0, 0.1) is 0 Å². The maximum Gasteiger partial charge on any atom is 0.227 e. The van der Waals surface area contributed by atoms with Crippen LogP contribution in [0.15, 0.2) is 28.2 Å². The molecule has 0 radical (unpaired) electrons. The minimum absolute atomic E-state index is 0.111. The van der Waals surface area contributed by atoms with E-state index in [9.17, 15) is 9.90 Å². The zero-order chi connectivity index (χ0) is 15.2. The fourth-order valence-corrected chi connectivity index (χ4v) is 3.38. The fourth-order valence-electron chi connectivity index (χ4n) is 3.02. The van der Waals surface area contributed by atoms with E-state index < -0.39 is 5.60 Å². The second kappa shape index (κ2) is 5.14. The molecule has 21 heavy (non-hydrogen) atoms. The Morgan fingerprint density at radius 3 is 2.81 bits per heavy atom. The maximum atomic E-state index is 12.2. The molecule has 0 saturated carbocycles. The van der Waals surface area contributed by atoms with Gasteiger partial charge >= 0.3 is 0 Å². The highest BCUT2D eigenvalue weighted by Crippen LogP contribution is 2.44. The van der Waals surface area contributed by atoms with E-state index in [1.807, 2.05) is 32.0 Å². The molecule has 2 aliphatic rings. The molecule has 5 heteroatoms. The van der Waals surface area contributed by atoms with Gasteiger partial charge in [0.1, 0.15) is 11.4 Å². The third-order valence-electron chi connectivity index (χ3n) is 4.08. The first-order chi connectivity index (χ1) is 9.94. The molecule has 3 rings (SSSR count). The topological polar surface area (TPSA) is 49.8 Å². The number of benzene rings is 1. The van der Waals surface area contributed by atoms with Crippen molar-refractivity contribution in [2.75, 3.05) is 13.2 Å². The summed E-state index contributed by atoms with van der Waals surface area (Å²) in [6.45, 7) is 4.41. The van der Waals surface area contributed by atoms with E-state index in [1.165, 1.54) is 0 Å². The number of hydrogen-bond acceptors (Lipinski definition) is 3. The molecule has 4 nitrogen and oxygen atoms in total. The maximum absolute atomic E-state index is 12.2. The molecule has 0 aromatic heterocycles. The van der Waals surface area contributed by atoms with Gasteiger partial charge in [-0.3, -0.25) is 4.79 Å². The first kappa shape index (κ1) is 14.6. The molecule has 1 aromatic carbocycles. The summed E-state index contributed by atoms with van der Waals surface area (Å²) in [6, 6.07) is 5.76. The molecule has 1 aromatic rings. The Kier molecular flexibility index (Phi) is 3.58. The normalized spacial score (nSPS) is 20.6. The Labute approximate surface area is 132 Å². The number of carbonyl (C=O) groups excluding carboxylic acids is 1. The lowest BCUT2D eigenvalue weighted by molar-refractivity contribution is -0.125. The molecule has 1 saturated heterocycles. The zero-order valence-corrected chi connectivity index (χ0v) is 13.7. The summed E-state index contributed by atoms with van der Waals surface area (Å²) < 4.78 is 6.95. The predicted molar refractivity (Wildman–Crippen MR) is 83.8 cm³/mol. The number of amides is 1. The van der Waals surface area contributed by atoms with Crippen molar-refractivity contribution in [3.8, 4) is 5.75 Å². The number of halogens is 1. The highest BCUT2D eigenvalue weighted by Gasteiger charge is 2.39. The summed E-state index contributed by atoms with van der Waals surface area (Å²) in [4.78, 5) is 14.0. The van der Waals surface area contributed by atoms with E-state index in [4.69, 9.17) is 4.74 Å². The Hall–Kier alpha value is -1.33. The molecule has 2 aliphatic heterocycles. The van der Waals surface area contributed by atoms with Gasteiger partial charge in [-0.2, -0.15) is 0 Å². The number of aliphatic hydroxyl groups is 1. The number of fused-ring (bicyclic) bond motifs is 1. The Morgan fingerprint density at radius 1 is 1.43 bits per heavy atom. The number of aliphatic hydroxyl groups excluding tert-OH is 1. The molecular formula is C16H18BrNO3. The highest BCUT2D eigenvalue weighted by atomic mass is 79.9. The van der Waals surface area contributed by atoms with Gasteiger partial charge in [-0.25, -0.2) is 0 Å². The molecule has 0 atom stereocenters. The lowest BCUT2D eigenvalue weighted by atomic mass is 9.89. The van der Waals surface area contributed by atoms with Crippen LogP contribution in [0.25, 0.3) is 5.70 Å². The average Bonchev–Trinajstić information content (AvgIpc) is 2.83. The fraction of sp³-hybridized carbons (Fsp3) is 0.438. The molecule has 112 valence electrons. The molecule has 2 heterocycles. The Morgan fingerprint density at radius 2 is 2.19 bits per heavy atom. The molecule has 0 spiro atoms. The minimum Gasteiger partial charge on any atom is -0.483 e. The zero-order valence-electron chi connectivity index (χ0n) is 12.1. The minimum atomic E-state index is -0.631. The summed E-state index contributed by atoms with van der Waals surface area (Å²) in [6.07, 6.45) is 1.42. The summed E-state index contributed by atoms with van der Waals surface area (Å²) in [5, 5.41) is 9.85. The van der Waals surface area contributed by atoms with Crippen molar-refractivity contribution in [2.24, 2.45) is 0 Å². The Bertz CT molecular complexity index is 636. The SMILES string of the molecule is CC1(C)Oc2ccc(Br)cc2C(N2CCCC2=O)=C1CO. The molecule has 0 unspecified atom stereocenters. The number of nitrogens with zero attached hydrogens (tertiary/aromatic N) is 1. The summed E-state index contributed by atoms with van der Waals surface area (Å²) in [7, 11) is 0. The second-order valence-corrected chi connectivity index (χ2v) is 6.80. The van der Waals surface area contributed by atoms with E-state index >= 15 is 0 Å². The van der Waals surface area contributed by atoms with Gasteiger partial charge in [-0.15, -0.1) is 0 Å². The number of likely N-dealkylation sites (tertiary alicyclic amines) is 1. The molecule has 1 N–H and O–H groups in total. The quantitative estimate of drug-likeness (QED) is 0.890. The molecule has 1 fully saturated rings. The van der Waals surface area contributed by atoms with Crippen LogP contribution in [0.2, 0.25) is 0 Å². The number of hydrogen-bond donors (Lipinski definition) is 1. The summed E-state index contributed by atoms with van der Waals surface area (Å²) in [5.74, 6) is 0.856. The van der Waals surface area contributed by atoms with Crippen LogP contribution >= 0.6 is 15.9 Å². The summed E-state index contributed by atoms with van der Waals surface area (Å²) in [5.41, 5.74) is 1.80. The van der Waals surface area contributed by atoms with E-state index in [0.29, 0.717) is 13.0 Å². The van der Waals surface area contributed by atoms with Gasteiger partial charge in [0, 0.05) is 28.6 Å². The lowest BCUT2D eigenvalue weighted by Gasteiger charge is -2.39. The van der Waals surface area contributed by atoms with Crippen LogP contribution in [0.1, 0.15) is 32.3 Å². The van der Waals surface area contributed by atoms with Crippen molar-refractivity contribution in [1.82, 2.24) is 4.90 Å². The van der Waals surface area contributed by atoms with Crippen molar-refractivity contribution in [3.05, 3.63) is 33.8 Å². The van der Waals surface area contributed by atoms with Gasteiger partial charge in [-0.05, 0) is 38.5 Å². The van der Waals surface area contributed by atoms with Crippen molar-refractivity contribution < 1.29 is 14.6 Å². The van der Waals surface area contributed by atoms with Crippen molar-refractivity contribution in [2.45, 2.75) is 32.3 Å². The first-order valence-electron chi connectivity index (χ1n) is 7.08. The highest BCUT2D eigenvalue weighted by molar-refractivity contribution is 9.10. The Balaban J connectivity index is 2.24. The van der Waals surface area contributed by atoms with Crippen LogP contribution in [0.3, 0.4) is 0 Å². The van der Waals surface area contributed by atoms with Crippen LogP contribution in [-0.4, -0.2) is 34.7 Å². The van der Waals surface area contributed by atoms with Gasteiger partial charge < -0.3 is 14.7 Å². The summed E-state index contributed by atoms with van der Waals surface area (Å²) >= 11 is 3.47. The van der Waals surface area contributed by atoms with Crippen LogP contribution in [0.4, 0.5) is 0 Å². The molecule has 1 amide bonds. The van der Waals surface area contributed by atoms with Crippen LogP contribution < -0.4 is 4.74 Å². The van der Waals surface area contributed by atoms with Crippen molar-refractivity contribution in [3.63, 3.8) is 0 Å². The van der Waals surface area contributed by atoms with E-state index in [2.05, 4.69) is 15.9 Å². The van der Waals surface area contributed by atoms with Crippen LogP contribution in [-0.2, 0) is 4.79 Å². The van der Waals surface area contributed by atoms with Gasteiger partial charge in [0.25, 0.3) is 0 Å².